The molecule has 3 aromatic carbocycles. The molecule has 3 unspecified atom stereocenters. The van der Waals surface area contributed by atoms with Crippen molar-refractivity contribution in [3.05, 3.63) is 99.0 Å². The van der Waals surface area contributed by atoms with Crippen molar-refractivity contribution in [3.63, 3.8) is 0 Å². The van der Waals surface area contributed by atoms with E-state index < -0.39 is 0 Å². The van der Waals surface area contributed by atoms with E-state index in [2.05, 4.69) is 4.90 Å². The molecule has 34 heavy (non-hydrogen) atoms. The SMILES string of the molecule is COc1cc(CO)cc(C2=NC(c3ccc(Cl)cc3)C(c3ccc(Cl)cc3)N2C(C)CC=O)c1. The van der Waals surface area contributed by atoms with Gasteiger partial charge in [-0.15, -0.1) is 0 Å². The van der Waals surface area contributed by atoms with E-state index in [-0.39, 0.29) is 24.7 Å². The number of halogens is 2. The largest absolute Gasteiger partial charge is 0.497 e. The molecule has 1 aliphatic heterocycles. The average molecular weight is 497 g/mol. The van der Waals surface area contributed by atoms with Crippen molar-refractivity contribution < 1.29 is 14.6 Å². The molecule has 0 saturated carbocycles. The Morgan fingerprint density at radius 3 is 2.21 bits per heavy atom. The Kier molecular flexibility index (Phi) is 7.57. The second-order valence-electron chi connectivity index (χ2n) is 8.33. The molecule has 7 heteroatoms. The highest BCUT2D eigenvalue weighted by atomic mass is 35.5. The molecule has 0 aromatic heterocycles. The fourth-order valence-electron chi connectivity index (χ4n) is 4.43. The first-order valence-corrected chi connectivity index (χ1v) is 11.8. The molecule has 5 nitrogen and oxygen atoms in total. The zero-order valence-electron chi connectivity index (χ0n) is 19.0. The molecule has 1 heterocycles. The van der Waals surface area contributed by atoms with Gasteiger partial charge in [0.25, 0.3) is 0 Å². The fourth-order valence-corrected chi connectivity index (χ4v) is 4.68. The molecule has 3 aromatic rings. The van der Waals surface area contributed by atoms with Gasteiger partial charge in [0, 0.05) is 28.1 Å². The lowest BCUT2D eigenvalue weighted by molar-refractivity contribution is -0.108. The summed E-state index contributed by atoms with van der Waals surface area (Å²) in [5, 5.41) is 11.1. The summed E-state index contributed by atoms with van der Waals surface area (Å²) < 4.78 is 5.48. The summed E-state index contributed by atoms with van der Waals surface area (Å²) in [5.41, 5.74) is 3.58. The molecule has 1 N–H and O–H groups in total. The van der Waals surface area contributed by atoms with E-state index in [1.165, 1.54) is 0 Å². The molecule has 176 valence electrons. The topological polar surface area (TPSA) is 62.1 Å². The lowest BCUT2D eigenvalue weighted by Gasteiger charge is -2.35. The predicted molar refractivity (Wildman–Crippen MR) is 136 cm³/mol. The summed E-state index contributed by atoms with van der Waals surface area (Å²) in [6.07, 6.45) is 1.27. The zero-order valence-corrected chi connectivity index (χ0v) is 20.5. The summed E-state index contributed by atoms with van der Waals surface area (Å²) in [6, 6.07) is 20.5. The first-order chi connectivity index (χ1) is 16.4. The van der Waals surface area contributed by atoms with Gasteiger partial charge in [0.2, 0.25) is 0 Å². The van der Waals surface area contributed by atoms with Crippen LogP contribution in [0, 0.1) is 0 Å². The number of aliphatic hydroxyl groups excluding tert-OH is 1. The Balaban J connectivity index is 1.92. The van der Waals surface area contributed by atoms with Gasteiger partial charge in [0.15, 0.2) is 0 Å². The highest BCUT2D eigenvalue weighted by Crippen LogP contribution is 2.45. The van der Waals surface area contributed by atoms with Crippen LogP contribution in [0.3, 0.4) is 0 Å². The third-order valence-electron chi connectivity index (χ3n) is 6.08. The van der Waals surface area contributed by atoms with Crippen LogP contribution in [0.25, 0.3) is 0 Å². The van der Waals surface area contributed by atoms with Crippen LogP contribution in [0.4, 0.5) is 0 Å². The minimum absolute atomic E-state index is 0.122. The third-order valence-corrected chi connectivity index (χ3v) is 6.59. The first-order valence-electron chi connectivity index (χ1n) is 11.0. The Morgan fingerprint density at radius 2 is 1.65 bits per heavy atom. The second-order valence-corrected chi connectivity index (χ2v) is 9.20. The van der Waals surface area contributed by atoms with E-state index in [0.29, 0.717) is 22.2 Å². The van der Waals surface area contributed by atoms with Crippen molar-refractivity contribution in [1.29, 1.82) is 0 Å². The number of nitrogens with zero attached hydrogens (tertiary/aromatic N) is 2. The van der Waals surface area contributed by atoms with Crippen molar-refractivity contribution in [2.45, 2.75) is 38.1 Å². The van der Waals surface area contributed by atoms with Crippen LogP contribution in [0.15, 0.2) is 71.7 Å². The molecule has 3 atom stereocenters. The number of aldehydes is 1. The van der Waals surface area contributed by atoms with Gasteiger partial charge in [0.1, 0.15) is 23.9 Å². The van der Waals surface area contributed by atoms with E-state index in [1.807, 2.05) is 67.6 Å². The molecule has 1 aliphatic rings. The molecule has 0 aliphatic carbocycles. The van der Waals surface area contributed by atoms with Gasteiger partial charge >= 0.3 is 0 Å². The van der Waals surface area contributed by atoms with Crippen LogP contribution in [-0.2, 0) is 11.4 Å². The van der Waals surface area contributed by atoms with Gasteiger partial charge < -0.3 is 19.5 Å². The monoisotopic (exact) mass is 496 g/mol. The van der Waals surface area contributed by atoms with Gasteiger partial charge in [-0.2, -0.15) is 0 Å². The maximum atomic E-state index is 11.5. The Morgan fingerprint density at radius 1 is 1.03 bits per heavy atom. The maximum absolute atomic E-state index is 11.5. The Hall–Kier alpha value is -2.86. The molecule has 0 spiro atoms. The number of hydrogen-bond donors (Lipinski definition) is 1. The summed E-state index contributed by atoms with van der Waals surface area (Å²) in [7, 11) is 1.59. The van der Waals surface area contributed by atoms with E-state index in [4.69, 9.17) is 32.9 Å². The summed E-state index contributed by atoms with van der Waals surface area (Å²) in [6.45, 7) is 1.90. The smallest absolute Gasteiger partial charge is 0.132 e. The van der Waals surface area contributed by atoms with Crippen LogP contribution >= 0.6 is 23.2 Å². The minimum atomic E-state index is -0.244. The molecular weight excluding hydrogens is 471 g/mol. The molecule has 0 radical (unpaired) electrons. The normalized spacial score (nSPS) is 18.5. The Bertz CT molecular complexity index is 1160. The number of rotatable bonds is 8. The molecule has 0 amide bonds. The average Bonchev–Trinajstić information content (AvgIpc) is 3.25. The number of methoxy groups -OCH3 is 1. The number of aliphatic hydroxyl groups is 1. The van der Waals surface area contributed by atoms with Crippen molar-refractivity contribution >= 4 is 35.3 Å². The highest BCUT2D eigenvalue weighted by molar-refractivity contribution is 6.30. The highest BCUT2D eigenvalue weighted by Gasteiger charge is 2.41. The molecule has 0 saturated heterocycles. The van der Waals surface area contributed by atoms with Crippen molar-refractivity contribution in [2.24, 2.45) is 4.99 Å². The molecule has 4 rings (SSSR count). The zero-order chi connectivity index (χ0) is 24.2. The summed E-state index contributed by atoms with van der Waals surface area (Å²) in [5.74, 6) is 1.37. The van der Waals surface area contributed by atoms with E-state index >= 15 is 0 Å². The second kappa shape index (κ2) is 10.6. The van der Waals surface area contributed by atoms with Crippen molar-refractivity contribution in [3.8, 4) is 5.75 Å². The van der Waals surface area contributed by atoms with Crippen LogP contribution in [0.2, 0.25) is 10.0 Å². The molecular formula is C27H26Cl2N2O3. The lowest BCUT2D eigenvalue weighted by Crippen LogP contribution is -2.39. The van der Waals surface area contributed by atoms with E-state index in [1.54, 1.807) is 13.2 Å². The maximum Gasteiger partial charge on any atom is 0.132 e. The van der Waals surface area contributed by atoms with Crippen molar-refractivity contribution in [1.82, 2.24) is 4.90 Å². The number of carbonyl (C=O) groups is 1. The molecule has 0 bridgehead atoms. The summed E-state index contributed by atoms with van der Waals surface area (Å²) >= 11 is 12.4. The van der Waals surface area contributed by atoms with Gasteiger partial charge in [-0.05, 0) is 66.1 Å². The summed E-state index contributed by atoms with van der Waals surface area (Å²) in [4.78, 5) is 18.9. The van der Waals surface area contributed by atoms with Gasteiger partial charge in [-0.25, -0.2) is 0 Å². The van der Waals surface area contributed by atoms with Crippen molar-refractivity contribution in [2.75, 3.05) is 7.11 Å². The van der Waals surface area contributed by atoms with Crippen LogP contribution in [0.1, 0.15) is 47.7 Å². The number of aliphatic imine (C=N–C) groups is 1. The van der Waals surface area contributed by atoms with Crippen LogP contribution < -0.4 is 4.74 Å². The molecule has 0 fully saturated rings. The Labute approximate surface area is 209 Å². The number of ether oxygens (including phenoxy) is 1. The quantitative estimate of drug-likeness (QED) is 0.387. The van der Waals surface area contributed by atoms with Gasteiger partial charge in [-0.3, -0.25) is 4.99 Å². The standard InChI is InChI=1S/C27H26Cl2N2O3/c1-17(11-12-32)31-26(20-5-9-23(29)10-6-20)25(19-3-7-22(28)8-4-19)30-27(31)21-13-18(16-33)14-24(15-21)34-2/h3-10,12-15,17,25-26,33H,11,16H2,1-2H3. The van der Waals surface area contributed by atoms with E-state index in [9.17, 15) is 9.90 Å². The van der Waals surface area contributed by atoms with Crippen LogP contribution in [-0.4, -0.2) is 35.3 Å². The fraction of sp³-hybridized carbons (Fsp3) is 0.259. The van der Waals surface area contributed by atoms with Gasteiger partial charge in [-0.1, -0.05) is 47.5 Å². The van der Waals surface area contributed by atoms with E-state index in [0.717, 1.165) is 34.4 Å². The minimum Gasteiger partial charge on any atom is -0.497 e. The van der Waals surface area contributed by atoms with Crippen LogP contribution in [0.5, 0.6) is 5.75 Å². The number of amidine groups is 1. The number of carbonyl (C=O) groups excluding carboxylic acids is 1. The number of hydrogen-bond acceptors (Lipinski definition) is 5. The predicted octanol–water partition coefficient (Wildman–Crippen LogP) is 6.02. The van der Waals surface area contributed by atoms with Gasteiger partial charge in [0.05, 0.1) is 19.8 Å². The number of benzene rings is 3. The lowest BCUT2D eigenvalue weighted by atomic mass is 9.92. The third kappa shape index (κ3) is 4.97. The first kappa shape index (κ1) is 24.3.